The first-order chi connectivity index (χ1) is 35.2. The molecule has 2 aliphatic carbocycles. The van der Waals surface area contributed by atoms with Crippen molar-refractivity contribution >= 4 is 35.2 Å². The van der Waals surface area contributed by atoms with Crippen LogP contribution in [0.5, 0.6) is 0 Å². The summed E-state index contributed by atoms with van der Waals surface area (Å²) in [5, 5.41) is 3.86. The average molecular weight is 1160 g/mol. The molecule has 11 rings (SSSR count). The van der Waals surface area contributed by atoms with E-state index in [2.05, 4.69) is 196 Å². The maximum absolute atomic E-state index is 6.41. The van der Waals surface area contributed by atoms with Gasteiger partial charge in [-0.15, -0.1) is 0 Å². The van der Waals surface area contributed by atoms with Crippen LogP contribution in [0.4, 0.5) is 0 Å². The molecular formula is C67H75IrN3OSi. The molecule has 0 N–H and O–H groups in total. The Morgan fingerprint density at radius 3 is 1.68 bits per heavy atom. The summed E-state index contributed by atoms with van der Waals surface area (Å²) in [6.45, 7) is 11.8. The van der Waals surface area contributed by atoms with Gasteiger partial charge in [-0.2, -0.15) is 0 Å². The quantitative estimate of drug-likeness (QED) is 0.114. The Balaban J connectivity index is 0.000000149. The minimum Gasteiger partial charge on any atom is -0.455 e. The molecule has 4 aromatic heterocycles. The first kappa shape index (κ1) is 53.5. The van der Waals surface area contributed by atoms with Gasteiger partial charge in [0.25, 0.3) is 0 Å². The minimum atomic E-state index is -1.35. The second-order valence-corrected chi connectivity index (χ2v) is 26.5. The number of nitrogens with zero attached hydrogens (tertiary/aromatic N) is 3. The summed E-state index contributed by atoms with van der Waals surface area (Å²) < 4.78 is 6.41. The first-order valence-corrected chi connectivity index (χ1v) is 30.8. The van der Waals surface area contributed by atoms with E-state index in [1.54, 1.807) is 10.8 Å². The normalized spacial score (nSPS) is 14.2. The van der Waals surface area contributed by atoms with Gasteiger partial charge in [0.1, 0.15) is 11.2 Å². The van der Waals surface area contributed by atoms with E-state index in [9.17, 15) is 0 Å². The number of hydrogen-bond donors (Lipinski definition) is 0. The maximum atomic E-state index is 6.41. The average Bonchev–Trinajstić information content (AvgIpc) is 3.82. The number of para-hydroxylation sites is 1. The van der Waals surface area contributed by atoms with Crippen LogP contribution in [0.1, 0.15) is 114 Å². The van der Waals surface area contributed by atoms with Gasteiger partial charge in [-0.3, -0.25) is 15.0 Å². The molecule has 2 fully saturated rings. The number of furan rings is 1. The van der Waals surface area contributed by atoms with E-state index in [4.69, 9.17) is 14.4 Å². The van der Waals surface area contributed by atoms with Crippen LogP contribution in [0.15, 0.2) is 181 Å². The molecule has 0 spiro atoms. The predicted octanol–water partition coefficient (Wildman–Crippen LogP) is 18.5. The molecule has 1 radical (unpaired) electrons. The van der Waals surface area contributed by atoms with Crippen molar-refractivity contribution in [3.63, 3.8) is 0 Å². The Kier molecular flexibility index (Phi) is 19.0. The Morgan fingerprint density at radius 2 is 1.07 bits per heavy atom. The Labute approximate surface area is 450 Å². The van der Waals surface area contributed by atoms with Crippen LogP contribution in [0.25, 0.3) is 66.8 Å². The molecule has 73 heavy (non-hydrogen) atoms. The Bertz CT molecular complexity index is 3110. The van der Waals surface area contributed by atoms with Crippen molar-refractivity contribution in [3.05, 3.63) is 193 Å². The van der Waals surface area contributed by atoms with Gasteiger partial charge in [-0.25, -0.2) is 0 Å². The van der Waals surface area contributed by atoms with Crippen LogP contribution in [-0.4, -0.2) is 23.0 Å². The van der Waals surface area contributed by atoms with Crippen molar-refractivity contribution in [2.45, 2.75) is 129 Å². The van der Waals surface area contributed by atoms with E-state index in [0.717, 1.165) is 69.3 Å². The van der Waals surface area contributed by atoms with Crippen LogP contribution in [0, 0.1) is 11.8 Å². The zero-order chi connectivity index (χ0) is 49.7. The number of benzene rings is 5. The van der Waals surface area contributed by atoms with Crippen LogP contribution in [0.3, 0.4) is 0 Å². The molecule has 377 valence electrons. The molecule has 0 amide bonds. The summed E-state index contributed by atoms with van der Waals surface area (Å²) in [4.78, 5) is 14.0. The molecule has 0 aliphatic heterocycles. The van der Waals surface area contributed by atoms with Crippen molar-refractivity contribution in [2.24, 2.45) is 11.8 Å². The number of fused-ring (bicyclic) bond motifs is 3. The molecule has 4 heterocycles. The molecule has 5 aromatic carbocycles. The van der Waals surface area contributed by atoms with Gasteiger partial charge in [0.15, 0.2) is 0 Å². The van der Waals surface area contributed by atoms with E-state index in [1.807, 2.05) is 18.5 Å². The topological polar surface area (TPSA) is 51.8 Å². The monoisotopic (exact) mass is 1160 g/mol. The van der Waals surface area contributed by atoms with Gasteiger partial charge in [0.2, 0.25) is 0 Å². The molecule has 0 atom stereocenters. The van der Waals surface area contributed by atoms with Gasteiger partial charge in [0.05, 0.1) is 25.2 Å². The van der Waals surface area contributed by atoms with Crippen LogP contribution < -0.4 is 5.19 Å². The fraction of sp³-hybridized carbons (Fsp3) is 0.328. The second kappa shape index (κ2) is 25.9. The van der Waals surface area contributed by atoms with Gasteiger partial charge >= 0.3 is 0 Å². The number of pyridine rings is 3. The van der Waals surface area contributed by atoms with Gasteiger partial charge in [0, 0.05) is 66.2 Å². The SMILES string of the molecule is CCC(CC)c1ccnc(-c2cccc3c2oc2cccc(-c4ccccc4)c23)c1.C[Si](C)(C)c1cnc(-c2ccccc2)cc1CC1CCCCC1.[Ir].c1ccc(-c2cc(CC3CCCCC3)ccn2)cc1. The predicted molar refractivity (Wildman–Crippen MR) is 309 cm³/mol. The third-order valence-corrected chi connectivity index (χ3v) is 17.4. The summed E-state index contributed by atoms with van der Waals surface area (Å²) in [5.41, 5.74) is 15.3. The number of aromatic nitrogens is 3. The number of hydrogen-bond acceptors (Lipinski definition) is 4. The van der Waals surface area contributed by atoms with Crippen LogP contribution in [0.2, 0.25) is 19.6 Å². The minimum absolute atomic E-state index is 0. The van der Waals surface area contributed by atoms with Crippen LogP contribution in [-0.2, 0) is 32.9 Å². The smallest absolute Gasteiger partial charge is 0.144 e. The Hall–Kier alpha value is -5.78. The fourth-order valence-electron chi connectivity index (χ4n) is 11.4. The van der Waals surface area contributed by atoms with E-state index in [-0.39, 0.29) is 20.1 Å². The molecule has 0 unspecified atom stereocenters. The first-order valence-electron chi connectivity index (χ1n) is 27.3. The molecule has 6 heteroatoms. The molecule has 2 saturated carbocycles. The van der Waals surface area contributed by atoms with E-state index in [0.29, 0.717) is 5.92 Å². The van der Waals surface area contributed by atoms with Gasteiger partial charge in [-0.1, -0.05) is 213 Å². The third-order valence-electron chi connectivity index (χ3n) is 15.4. The summed E-state index contributed by atoms with van der Waals surface area (Å²) in [7, 11) is -1.35. The molecule has 9 aromatic rings. The van der Waals surface area contributed by atoms with Gasteiger partial charge in [-0.05, 0) is 119 Å². The largest absolute Gasteiger partial charge is 0.455 e. The molecule has 2 aliphatic rings. The van der Waals surface area contributed by atoms with E-state index < -0.39 is 8.07 Å². The molecule has 4 nitrogen and oxygen atoms in total. The number of rotatable bonds is 12. The summed E-state index contributed by atoms with van der Waals surface area (Å²) in [6.07, 6.45) is 25.0. The summed E-state index contributed by atoms with van der Waals surface area (Å²) >= 11 is 0. The molecule has 0 bridgehead atoms. The molecular weight excluding hydrogens is 1080 g/mol. The zero-order valence-electron chi connectivity index (χ0n) is 44.0. The van der Waals surface area contributed by atoms with Crippen molar-refractivity contribution in [3.8, 4) is 44.9 Å². The standard InChI is InChI=1S/C28H25NO.C21H29NSi.C18H21N.Ir/c1-3-19(4-2)21-16-17-29-25(18-21)23-13-8-14-24-27-22(20-10-6-5-7-11-20)12-9-15-26(27)30-28(23)24;1-23(2,3)21-16-22-20(18-12-8-5-9-13-18)15-19(21)14-17-10-6-4-7-11-17;1-3-7-15(8-4-1)13-16-11-12-19-18(14-16)17-9-5-2-6-10-17;/h5-19H,3-4H2,1-2H3;5,8-9,12-13,15-17H,4,6-7,10-11,14H2,1-3H3;2,5-6,9-12,14-15H,1,3-4,7-8,13H2;. The van der Waals surface area contributed by atoms with E-state index in [1.165, 1.54) is 110 Å². The summed E-state index contributed by atoms with van der Waals surface area (Å²) in [6, 6.07) is 55.5. The van der Waals surface area contributed by atoms with Crippen molar-refractivity contribution < 1.29 is 24.5 Å². The summed E-state index contributed by atoms with van der Waals surface area (Å²) in [5.74, 6) is 2.33. The van der Waals surface area contributed by atoms with E-state index >= 15 is 0 Å². The second-order valence-electron chi connectivity index (χ2n) is 21.5. The van der Waals surface area contributed by atoms with Crippen molar-refractivity contribution in [1.29, 1.82) is 0 Å². The Morgan fingerprint density at radius 1 is 0.521 bits per heavy atom. The third kappa shape index (κ3) is 13.7. The molecule has 0 saturated heterocycles. The van der Waals surface area contributed by atoms with Crippen molar-refractivity contribution in [2.75, 3.05) is 0 Å². The van der Waals surface area contributed by atoms with Crippen molar-refractivity contribution in [1.82, 2.24) is 15.0 Å². The fourth-order valence-corrected chi connectivity index (χ4v) is 13.0. The zero-order valence-corrected chi connectivity index (χ0v) is 47.4. The van der Waals surface area contributed by atoms with Crippen LogP contribution >= 0.6 is 0 Å². The van der Waals surface area contributed by atoms with Gasteiger partial charge < -0.3 is 4.42 Å². The maximum Gasteiger partial charge on any atom is 0.144 e.